The molecule has 3 aromatic carbocycles. The van der Waals surface area contributed by atoms with Crippen LogP contribution >= 0.6 is 46.6 Å². The molecule has 202 valence electrons. The zero-order valence-corrected chi connectivity index (χ0v) is 24.9. The van der Waals surface area contributed by atoms with Gasteiger partial charge >= 0.3 is 0 Å². The van der Waals surface area contributed by atoms with Gasteiger partial charge < -0.3 is 10.2 Å². The molecule has 0 fully saturated rings. The van der Waals surface area contributed by atoms with Gasteiger partial charge in [-0.2, -0.15) is 0 Å². The first-order valence-corrected chi connectivity index (χ1v) is 14.6. The lowest BCUT2D eigenvalue weighted by molar-refractivity contribution is -0.142. The standard InChI is InChI=1S/C30H33Cl3N2O2S/c1-30(2,3)34-29(37)27(19-21-8-5-4-6-9-21)35(20-22-11-16-25(32)26(33)18-22)28(36)10-7-17-38-24-14-12-23(31)13-15-24/h4-6,8-9,11-16,18,27H,7,10,17,19-20H2,1-3H3,(H,34,37)/t27-/m1/s1. The van der Waals surface area contributed by atoms with Crippen LogP contribution in [0.1, 0.15) is 44.7 Å². The molecule has 1 atom stereocenters. The van der Waals surface area contributed by atoms with Crippen molar-refractivity contribution in [3.05, 3.63) is 99.0 Å². The Bertz CT molecular complexity index is 1210. The normalized spacial score (nSPS) is 12.2. The van der Waals surface area contributed by atoms with Gasteiger partial charge in [-0.05, 0) is 80.5 Å². The molecule has 3 rings (SSSR count). The predicted octanol–water partition coefficient (Wildman–Crippen LogP) is 8.07. The van der Waals surface area contributed by atoms with Crippen molar-refractivity contribution < 1.29 is 9.59 Å². The third kappa shape index (κ3) is 9.85. The van der Waals surface area contributed by atoms with Gasteiger partial charge in [0.25, 0.3) is 0 Å². The maximum atomic E-state index is 13.7. The summed E-state index contributed by atoms with van der Waals surface area (Å²) >= 11 is 20.1. The number of thioether (sulfide) groups is 1. The van der Waals surface area contributed by atoms with Crippen LogP contribution in [0.25, 0.3) is 0 Å². The summed E-state index contributed by atoms with van der Waals surface area (Å²) in [5, 5.41) is 4.63. The minimum absolute atomic E-state index is 0.0854. The number of carbonyl (C=O) groups is 2. The first kappa shape index (κ1) is 30.4. The number of amides is 2. The molecule has 0 bridgehead atoms. The lowest BCUT2D eigenvalue weighted by Gasteiger charge is -2.34. The van der Waals surface area contributed by atoms with Gasteiger partial charge in [0.05, 0.1) is 10.0 Å². The molecule has 2 amide bonds. The molecule has 38 heavy (non-hydrogen) atoms. The topological polar surface area (TPSA) is 49.4 Å². The summed E-state index contributed by atoms with van der Waals surface area (Å²) in [7, 11) is 0. The highest BCUT2D eigenvalue weighted by molar-refractivity contribution is 7.99. The van der Waals surface area contributed by atoms with E-state index < -0.39 is 11.6 Å². The molecular weight excluding hydrogens is 559 g/mol. The van der Waals surface area contributed by atoms with E-state index >= 15 is 0 Å². The molecule has 0 aliphatic carbocycles. The summed E-state index contributed by atoms with van der Waals surface area (Å²) in [5.74, 6) is 0.494. The predicted molar refractivity (Wildman–Crippen MR) is 160 cm³/mol. The van der Waals surface area contributed by atoms with Gasteiger partial charge in [-0.1, -0.05) is 71.2 Å². The largest absolute Gasteiger partial charge is 0.350 e. The van der Waals surface area contributed by atoms with Gasteiger partial charge in [-0.3, -0.25) is 9.59 Å². The van der Waals surface area contributed by atoms with Crippen molar-refractivity contribution in [2.75, 3.05) is 5.75 Å². The lowest BCUT2D eigenvalue weighted by atomic mass is 10.00. The van der Waals surface area contributed by atoms with E-state index in [1.165, 1.54) is 0 Å². The van der Waals surface area contributed by atoms with Crippen molar-refractivity contribution in [2.24, 2.45) is 0 Å². The SMILES string of the molecule is CC(C)(C)NC(=O)[C@@H](Cc1ccccc1)N(Cc1ccc(Cl)c(Cl)c1)C(=O)CCCSc1ccc(Cl)cc1. The second-order valence-electron chi connectivity index (χ2n) is 10.1. The van der Waals surface area contributed by atoms with E-state index in [2.05, 4.69) is 5.32 Å². The Morgan fingerprint density at radius 2 is 1.58 bits per heavy atom. The smallest absolute Gasteiger partial charge is 0.243 e. The Balaban J connectivity index is 1.83. The zero-order valence-electron chi connectivity index (χ0n) is 21.8. The highest BCUT2D eigenvalue weighted by atomic mass is 35.5. The molecule has 1 N–H and O–H groups in total. The molecular formula is C30H33Cl3N2O2S. The number of halogens is 3. The van der Waals surface area contributed by atoms with Crippen LogP contribution in [0.5, 0.6) is 0 Å². The number of hydrogen-bond acceptors (Lipinski definition) is 3. The van der Waals surface area contributed by atoms with E-state index in [4.69, 9.17) is 34.8 Å². The van der Waals surface area contributed by atoms with Gasteiger partial charge in [-0.25, -0.2) is 0 Å². The van der Waals surface area contributed by atoms with Crippen molar-refractivity contribution in [2.45, 2.75) is 63.1 Å². The Morgan fingerprint density at radius 3 is 2.21 bits per heavy atom. The Morgan fingerprint density at radius 1 is 0.895 bits per heavy atom. The molecule has 0 spiro atoms. The molecule has 0 aliphatic heterocycles. The number of nitrogens with one attached hydrogen (secondary N) is 1. The molecule has 0 aromatic heterocycles. The summed E-state index contributed by atoms with van der Waals surface area (Å²) < 4.78 is 0. The first-order valence-electron chi connectivity index (χ1n) is 12.5. The van der Waals surface area contributed by atoms with Crippen LogP contribution in [0.3, 0.4) is 0 Å². The molecule has 4 nitrogen and oxygen atoms in total. The van der Waals surface area contributed by atoms with Crippen LogP contribution in [0, 0.1) is 0 Å². The van der Waals surface area contributed by atoms with Gasteiger partial charge in [-0.15, -0.1) is 11.8 Å². The van der Waals surface area contributed by atoms with E-state index in [9.17, 15) is 9.59 Å². The van der Waals surface area contributed by atoms with Gasteiger partial charge in [0.1, 0.15) is 6.04 Å². The number of hydrogen-bond donors (Lipinski definition) is 1. The van der Waals surface area contributed by atoms with Crippen LogP contribution in [0.15, 0.2) is 77.7 Å². The van der Waals surface area contributed by atoms with Crippen molar-refractivity contribution in [1.29, 1.82) is 0 Å². The molecule has 0 unspecified atom stereocenters. The van der Waals surface area contributed by atoms with E-state index in [-0.39, 0.29) is 18.4 Å². The fraction of sp³-hybridized carbons (Fsp3) is 0.333. The highest BCUT2D eigenvalue weighted by Gasteiger charge is 2.32. The van der Waals surface area contributed by atoms with E-state index in [0.717, 1.165) is 21.8 Å². The van der Waals surface area contributed by atoms with E-state index in [1.54, 1.807) is 28.8 Å². The zero-order chi connectivity index (χ0) is 27.7. The molecule has 0 radical (unpaired) electrons. The molecule has 0 aliphatic rings. The van der Waals surface area contributed by atoms with Gasteiger partial charge in [0, 0.05) is 34.8 Å². The highest BCUT2D eigenvalue weighted by Crippen LogP contribution is 2.26. The molecule has 8 heteroatoms. The number of carbonyl (C=O) groups excluding carboxylic acids is 2. The average molecular weight is 592 g/mol. The molecule has 0 heterocycles. The lowest BCUT2D eigenvalue weighted by Crippen LogP contribution is -2.54. The maximum Gasteiger partial charge on any atom is 0.243 e. The minimum Gasteiger partial charge on any atom is -0.350 e. The Labute approximate surface area is 245 Å². The number of nitrogens with zero attached hydrogens (tertiary/aromatic N) is 1. The molecule has 0 saturated heterocycles. The maximum absolute atomic E-state index is 13.7. The van der Waals surface area contributed by atoms with Crippen molar-refractivity contribution in [1.82, 2.24) is 10.2 Å². The fourth-order valence-corrected chi connectivity index (χ4v) is 5.23. The van der Waals surface area contributed by atoms with Crippen LogP contribution < -0.4 is 5.32 Å². The van der Waals surface area contributed by atoms with Crippen molar-refractivity contribution >= 4 is 58.4 Å². The Kier molecular flexibility index (Phi) is 11.4. The number of benzene rings is 3. The summed E-state index contributed by atoms with van der Waals surface area (Å²) in [6.07, 6.45) is 1.38. The summed E-state index contributed by atoms with van der Waals surface area (Å²) in [4.78, 5) is 30.1. The molecule has 3 aromatic rings. The second kappa shape index (κ2) is 14.3. The third-order valence-electron chi connectivity index (χ3n) is 5.72. The van der Waals surface area contributed by atoms with Crippen LogP contribution in [-0.4, -0.2) is 34.0 Å². The summed E-state index contributed by atoms with van der Waals surface area (Å²) in [6.45, 7) is 6.05. The first-order chi connectivity index (χ1) is 18.0. The van der Waals surface area contributed by atoms with Crippen LogP contribution in [-0.2, 0) is 22.6 Å². The quantitative estimate of drug-likeness (QED) is 0.181. The van der Waals surface area contributed by atoms with Gasteiger partial charge in [0.15, 0.2) is 0 Å². The number of rotatable bonds is 11. The second-order valence-corrected chi connectivity index (χ2v) is 12.5. The van der Waals surface area contributed by atoms with Crippen LogP contribution in [0.4, 0.5) is 0 Å². The molecule has 0 saturated carbocycles. The minimum atomic E-state index is -0.692. The van der Waals surface area contributed by atoms with Crippen LogP contribution in [0.2, 0.25) is 15.1 Å². The summed E-state index contributed by atoms with van der Waals surface area (Å²) in [5.41, 5.74) is 1.34. The van der Waals surface area contributed by atoms with Gasteiger partial charge in [0.2, 0.25) is 11.8 Å². The fourth-order valence-electron chi connectivity index (χ4n) is 3.93. The summed E-state index contributed by atoms with van der Waals surface area (Å²) in [6, 6.07) is 22.0. The monoisotopic (exact) mass is 590 g/mol. The van der Waals surface area contributed by atoms with Crippen molar-refractivity contribution in [3.63, 3.8) is 0 Å². The van der Waals surface area contributed by atoms with Crippen molar-refractivity contribution in [3.8, 4) is 0 Å². The Hall–Kier alpha value is -2.18. The average Bonchev–Trinajstić information content (AvgIpc) is 2.86. The van der Waals surface area contributed by atoms with E-state index in [1.807, 2.05) is 81.4 Å². The third-order valence-corrected chi connectivity index (χ3v) is 7.81. The van der Waals surface area contributed by atoms with E-state index in [0.29, 0.717) is 34.3 Å².